The van der Waals surface area contributed by atoms with E-state index in [-0.39, 0.29) is 12.5 Å². The molecular formula is C15H21NO4Si. The van der Waals surface area contributed by atoms with Crippen LogP contribution in [0.2, 0.25) is 19.6 Å². The minimum Gasteiger partial charge on any atom is -0.429 e. The first-order valence-electron chi connectivity index (χ1n) is 7.07. The molecule has 6 heteroatoms. The van der Waals surface area contributed by atoms with E-state index in [4.69, 9.17) is 9.47 Å². The van der Waals surface area contributed by atoms with Gasteiger partial charge < -0.3 is 14.0 Å². The zero-order valence-electron chi connectivity index (χ0n) is 12.7. The van der Waals surface area contributed by atoms with E-state index >= 15 is 0 Å². The van der Waals surface area contributed by atoms with Crippen LogP contribution in [0.3, 0.4) is 0 Å². The summed E-state index contributed by atoms with van der Waals surface area (Å²) in [7, 11) is -1.70. The van der Waals surface area contributed by atoms with E-state index in [2.05, 4.69) is 19.6 Å². The number of nitrogens with zero attached hydrogens (tertiary/aromatic N) is 1. The summed E-state index contributed by atoms with van der Waals surface area (Å²) < 4.78 is 12.0. The summed E-state index contributed by atoms with van der Waals surface area (Å²) in [5.74, 6) is -0.0918. The molecule has 1 aliphatic heterocycles. The molecule has 114 valence electrons. The van der Waals surface area contributed by atoms with Gasteiger partial charge in [-0.1, -0.05) is 50.0 Å². The fraction of sp³-hybridized carbons (Fsp3) is 0.467. The second-order valence-corrected chi connectivity index (χ2v) is 11.0. The van der Waals surface area contributed by atoms with E-state index in [0.29, 0.717) is 13.0 Å². The Bertz CT molecular complexity index is 512. The third-order valence-corrected chi connectivity index (χ3v) is 5.47. The molecule has 1 fully saturated rings. The van der Waals surface area contributed by atoms with Gasteiger partial charge in [0.05, 0.1) is 0 Å². The Morgan fingerprint density at radius 2 is 1.95 bits per heavy atom. The molecule has 0 bridgehead atoms. The number of amides is 1. The van der Waals surface area contributed by atoms with Crippen molar-refractivity contribution in [1.82, 2.24) is 4.57 Å². The van der Waals surface area contributed by atoms with E-state index in [1.165, 1.54) is 0 Å². The summed E-state index contributed by atoms with van der Waals surface area (Å²) >= 11 is 0. The normalized spacial score (nSPS) is 18.7. The number of ether oxygens (including phenoxy) is 2. The highest BCUT2D eigenvalue weighted by Gasteiger charge is 2.40. The van der Waals surface area contributed by atoms with Gasteiger partial charge in [0.15, 0.2) is 14.3 Å². The zero-order chi connectivity index (χ0) is 15.5. The van der Waals surface area contributed by atoms with Crippen molar-refractivity contribution in [2.75, 3.05) is 6.54 Å². The summed E-state index contributed by atoms with van der Waals surface area (Å²) in [6, 6.07) is 9.36. The van der Waals surface area contributed by atoms with Crippen LogP contribution in [0.25, 0.3) is 0 Å². The van der Waals surface area contributed by atoms with Crippen LogP contribution in [0.15, 0.2) is 30.3 Å². The van der Waals surface area contributed by atoms with Gasteiger partial charge in [-0.2, -0.15) is 0 Å². The van der Waals surface area contributed by atoms with Crippen molar-refractivity contribution in [3.8, 4) is 0 Å². The Morgan fingerprint density at radius 1 is 1.29 bits per heavy atom. The Kier molecular flexibility index (Phi) is 4.67. The lowest BCUT2D eigenvalue weighted by Gasteiger charge is -2.29. The molecule has 2 rings (SSSR count). The molecule has 1 unspecified atom stereocenters. The second-order valence-electron chi connectivity index (χ2n) is 6.08. The third-order valence-electron chi connectivity index (χ3n) is 3.40. The SMILES string of the molecule is C[Si](C)(C)N1CCC(OC(=O)OCc2ccccc2)C1=O. The van der Waals surface area contributed by atoms with Gasteiger partial charge in [0.25, 0.3) is 5.91 Å². The van der Waals surface area contributed by atoms with E-state index in [1.54, 1.807) is 0 Å². The molecule has 1 atom stereocenters. The first-order valence-corrected chi connectivity index (χ1v) is 10.5. The van der Waals surface area contributed by atoms with Gasteiger partial charge in [0.2, 0.25) is 0 Å². The highest BCUT2D eigenvalue weighted by Crippen LogP contribution is 2.22. The first-order chi connectivity index (χ1) is 9.88. The summed E-state index contributed by atoms with van der Waals surface area (Å²) in [5.41, 5.74) is 0.885. The molecule has 1 saturated heterocycles. The van der Waals surface area contributed by atoms with Crippen molar-refractivity contribution in [3.63, 3.8) is 0 Å². The predicted octanol–water partition coefficient (Wildman–Crippen LogP) is 2.78. The average Bonchev–Trinajstić information content (AvgIpc) is 2.79. The summed E-state index contributed by atoms with van der Waals surface area (Å²) in [5, 5.41) is 0. The molecule has 0 aliphatic carbocycles. The highest BCUT2D eigenvalue weighted by atomic mass is 28.3. The van der Waals surface area contributed by atoms with Crippen LogP contribution in [-0.2, 0) is 20.9 Å². The fourth-order valence-electron chi connectivity index (χ4n) is 2.30. The third kappa shape index (κ3) is 4.07. The van der Waals surface area contributed by atoms with Crippen molar-refractivity contribution >= 4 is 20.3 Å². The summed E-state index contributed by atoms with van der Waals surface area (Å²) in [6.45, 7) is 7.10. The number of hydrogen-bond acceptors (Lipinski definition) is 4. The summed E-state index contributed by atoms with van der Waals surface area (Å²) in [4.78, 5) is 23.9. The molecule has 0 N–H and O–H groups in total. The lowest BCUT2D eigenvalue weighted by molar-refractivity contribution is -0.132. The molecule has 1 heterocycles. The number of hydrogen-bond donors (Lipinski definition) is 0. The Morgan fingerprint density at radius 3 is 2.52 bits per heavy atom. The van der Waals surface area contributed by atoms with E-state index in [1.807, 2.05) is 34.9 Å². The number of rotatable bonds is 4. The van der Waals surface area contributed by atoms with Crippen LogP contribution in [-0.4, -0.2) is 37.5 Å². The largest absolute Gasteiger partial charge is 0.509 e. The standard InChI is InChI=1S/C15H21NO4Si/c1-21(2,3)16-10-9-13(14(16)17)20-15(18)19-11-12-7-5-4-6-8-12/h4-8,13H,9-11H2,1-3H3. The van der Waals surface area contributed by atoms with E-state index < -0.39 is 20.5 Å². The highest BCUT2D eigenvalue weighted by molar-refractivity contribution is 6.75. The Balaban J connectivity index is 1.82. The van der Waals surface area contributed by atoms with Crippen LogP contribution < -0.4 is 0 Å². The number of benzene rings is 1. The maximum absolute atomic E-state index is 12.2. The van der Waals surface area contributed by atoms with Crippen molar-refractivity contribution in [2.24, 2.45) is 0 Å². The van der Waals surface area contributed by atoms with Crippen molar-refractivity contribution in [1.29, 1.82) is 0 Å². The predicted molar refractivity (Wildman–Crippen MR) is 81.2 cm³/mol. The van der Waals surface area contributed by atoms with Crippen LogP contribution in [0, 0.1) is 0 Å². The molecule has 0 spiro atoms. The topological polar surface area (TPSA) is 55.8 Å². The Labute approximate surface area is 125 Å². The molecule has 1 aliphatic rings. The summed E-state index contributed by atoms with van der Waals surface area (Å²) in [6.07, 6.45) is -0.932. The minimum atomic E-state index is -1.70. The van der Waals surface area contributed by atoms with Gasteiger partial charge in [0, 0.05) is 13.0 Å². The van der Waals surface area contributed by atoms with Gasteiger partial charge in [-0.3, -0.25) is 4.79 Å². The van der Waals surface area contributed by atoms with Crippen LogP contribution in [0.4, 0.5) is 4.79 Å². The maximum atomic E-state index is 12.2. The van der Waals surface area contributed by atoms with Gasteiger partial charge in [-0.15, -0.1) is 0 Å². The van der Waals surface area contributed by atoms with Crippen molar-refractivity contribution in [3.05, 3.63) is 35.9 Å². The van der Waals surface area contributed by atoms with Crippen molar-refractivity contribution < 1.29 is 19.1 Å². The molecule has 1 amide bonds. The van der Waals surface area contributed by atoms with Crippen LogP contribution >= 0.6 is 0 Å². The van der Waals surface area contributed by atoms with E-state index in [9.17, 15) is 9.59 Å². The second kappa shape index (κ2) is 6.30. The lowest BCUT2D eigenvalue weighted by Crippen LogP contribution is -2.48. The smallest absolute Gasteiger partial charge is 0.429 e. The monoisotopic (exact) mass is 307 g/mol. The molecule has 0 radical (unpaired) electrons. The molecular weight excluding hydrogens is 286 g/mol. The first kappa shape index (κ1) is 15.6. The molecule has 1 aromatic carbocycles. The molecule has 0 aromatic heterocycles. The van der Waals surface area contributed by atoms with Gasteiger partial charge in [-0.05, 0) is 5.56 Å². The molecule has 21 heavy (non-hydrogen) atoms. The zero-order valence-corrected chi connectivity index (χ0v) is 13.7. The number of carbonyl (C=O) groups is 2. The van der Waals surface area contributed by atoms with Crippen molar-refractivity contribution in [2.45, 2.75) is 38.8 Å². The van der Waals surface area contributed by atoms with Crippen LogP contribution in [0.1, 0.15) is 12.0 Å². The average molecular weight is 307 g/mol. The Hall–Kier alpha value is -1.82. The lowest BCUT2D eigenvalue weighted by atomic mass is 10.2. The van der Waals surface area contributed by atoms with Crippen LogP contribution in [0.5, 0.6) is 0 Å². The molecule has 0 saturated carbocycles. The maximum Gasteiger partial charge on any atom is 0.509 e. The van der Waals surface area contributed by atoms with Gasteiger partial charge in [-0.25, -0.2) is 4.79 Å². The quantitative estimate of drug-likeness (QED) is 0.634. The fourth-order valence-corrected chi connectivity index (χ4v) is 3.90. The van der Waals surface area contributed by atoms with Gasteiger partial charge >= 0.3 is 6.16 Å². The molecule has 1 aromatic rings. The van der Waals surface area contributed by atoms with Gasteiger partial charge in [0.1, 0.15) is 6.61 Å². The number of carbonyl (C=O) groups excluding carboxylic acids is 2. The molecule has 5 nitrogen and oxygen atoms in total. The minimum absolute atomic E-state index is 0.0918. The van der Waals surface area contributed by atoms with E-state index in [0.717, 1.165) is 5.56 Å².